The monoisotopic (exact) mass is 337 g/mol. The molecule has 1 amide bonds. The third-order valence-corrected chi connectivity index (χ3v) is 4.42. The van der Waals surface area contributed by atoms with Gasteiger partial charge in [-0.15, -0.1) is 0 Å². The second kappa shape index (κ2) is 6.51. The van der Waals surface area contributed by atoms with Crippen LogP contribution in [0.4, 0.5) is 0 Å². The summed E-state index contributed by atoms with van der Waals surface area (Å²) in [5.41, 5.74) is 3.80. The highest BCUT2D eigenvalue weighted by Crippen LogP contribution is 2.23. The maximum absolute atomic E-state index is 12.7. The van der Waals surface area contributed by atoms with Gasteiger partial charge in [0.05, 0.1) is 17.9 Å². The number of fused-ring (bicyclic) bond motifs is 1. The molecule has 3 aromatic rings. The highest BCUT2D eigenvalue weighted by molar-refractivity contribution is 6.00. The predicted octanol–water partition coefficient (Wildman–Crippen LogP) is 2.58. The first kappa shape index (κ1) is 15.6. The molecule has 0 atom stereocenters. The van der Waals surface area contributed by atoms with Gasteiger partial charge in [-0.3, -0.25) is 9.78 Å². The minimum Gasteiger partial charge on any atom is -0.360 e. The summed E-state index contributed by atoms with van der Waals surface area (Å²) in [6.45, 7) is 2.07. The predicted molar refractivity (Wildman–Crippen MR) is 90.9 cm³/mol. The van der Waals surface area contributed by atoms with Gasteiger partial charge in [0, 0.05) is 11.9 Å². The molecule has 128 valence electrons. The average molecular weight is 337 g/mol. The van der Waals surface area contributed by atoms with Gasteiger partial charge in [-0.05, 0) is 44.7 Å². The van der Waals surface area contributed by atoms with Crippen LogP contribution in [0.2, 0.25) is 0 Å². The molecule has 0 bridgehead atoms. The van der Waals surface area contributed by atoms with E-state index in [1.165, 1.54) is 18.5 Å². The molecule has 1 aliphatic carbocycles. The van der Waals surface area contributed by atoms with Crippen LogP contribution < -0.4 is 5.32 Å². The number of imidazole rings is 1. The molecule has 25 heavy (non-hydrogen) atoms. The van der Waals surface area contributed by atoms with E-state index in [1.54, 1.807) is 19.2 Å². The Morgan fingerprint density at radius 3 is 3.00 bits per heavy atom. The van der Waals surface area contributed by atoms with Gasteiger partial charge in [0.2, 0.25) is 0 Å². The summed E-state index contributed by atoms with van der Waals surface area (Å²) in [5, 5.41) is 6.89. The quantitative estimate of drug-likeness (QED) is 0.763. The fourth-order valence-corrected chi connectivity index (χ4v) is 3.17. The number of aromatic nitrogens is 4. The lowest BCUT2D eigenvalue weighted by molar-refractivity contribution is 0.0949. The van der Waals surface area contributed by atoms with Crippen LogP contribution in [0.3, 0.4) is 0 Å². The van der Waals surface area contributed by atoms with Crippen LogP contribution >= 0.6 is 0 Å². The number of pyridine rings is 1. The van der Waals surface area contributed by atoms with Crippen LogP contribution in [-0.2, 0) is 19.4 Å². The Morgan fingerprint density at radius 1 is 1.32 bits per heavy atom. The molecule has 0 fully saturated rings. The molecule has 0 unspecified atom stereocenters. The molecule has 3 heterocycles. The molecule has 7 nitrogen and oxygen atoms in total. The van der Waals surface area contributed by atoms with Crippen LogP contribution in [0.1, 0.15) is 46.2 Å². The smallest absolute Gasteiger partial charge is 0.257 e. The number of nitrogens with one attached hydrogen (secondary N) is 2. The number of rotatable bonds is 4. The van der Waals surface area contributed by atoms with Crippen molar-refractivity contribution >= 4 is 5.91 Å². The van der Waals surface area contributed by atoms with Crippen LogP contribution in [0.15, 0.2) is 28.9 Å². The summed E-state index contributed by atoms with van der Waals surface area (Å²) >= 11 is 0. The number of amides is 1. The third-order valence-electron chi connectivity index (χ3n) is 4.42. The van der Waals surface area contributed by atoms with Gasteiger partial charge in [0.1, 0.15) is 22.8 Å². The van der Waals surface area contributed by atoms with E-state index in [9.17, 15) is 4.79 Å². The number of nitrogens with zero attached hydrogens (tertiary/aromatic N) is 3. The summed E-state index contributed by atoms with van der Waals surface area (Å²) in [4.78, 5) is 24.8. The van der Waals surface area contributed by atoms with Crippen molar-refractivity contribution in [3.8, 4) is 11.4 Å². The maximum Gasteiger partial charge on any atom is 0.257 e. The van der Waals surface area contributed by atoms with Crippen LogP contribution in [0.25, 0.3) is 11.4 Å². The molecule has 2 N–H and O–H groups in total. The zero-order valence-corrected chi connectivity index (χ0v) is 14.0. The summed E-state index contributed by atoms with van der Waals surface area (Å²) in [6.07, 6.45) is 6.07. The van der Waals surface area contributed by atoms with Crippen LogP contribution in [0, 0.1) is 6.92 Å². The van der Waals surface area contributed by atoms with Crippen molar-refractivity contribution in [3.63, 3.8) is 0 Å². The first-order valence-electron chi connectivity index (χ1n) is 8.45. The number of carbonyl (C=O) groups is 1. The third kappa shape index (κ3) is 3.05. The number of aromatic amines is 1. The molecule has 0 spiro atoms. The van der Waals surface area contributed by atoms with E-state index in [2.05, 4.69) is 25.4 Å². The Bertz CT molecular complexity index is 874. The van der Waals surface area contributed by atoms with Crippen molar-refractivity contribution in [2.45, 2.75) is 39.2 Å². The lowest BCUT2D eigenvalue weighted by atomic mass is 10.0. The zero-order chi connectivity index (χ0) is 17.2. The summed E-state index contributed by atoms with van der Waals surface area (Å²) in [5.74, 6) is 1.01. The van der Waals surface area contributed by atoms with Gasteiger partial charge in [0.15, 0.2) is 0 Å². The van der Waals surface area contributed by atoms with Crippen molar-refractivity contribution in [1.82, 2.24) is 25.4 Å². The van der Waals surface area contributed by atoms with Crippen LogP contribution in [-0.4, -0.2) is 26.0 Å². The van der Waals surface area contributed by atoms with Crippen molar-refractivity contribution in [3.05, 3.63) is 52.9 Å². The molecular formula is C18H19N5O2. The standard InChI is InChI=1S/C18H19N5O2/c1-11-16(17(23-25-11)14-8-4-5-9-19-14)18(24)20-10-15-21-12-6-2-3-7-13(12)22-15/h4-5,8-9H,2-3,6-7,10H2,1H3,(H,20,24)(H,21,22). The molecule has 0 radical (unpaired) electrons. The Labute approximate surface area is 144 Å². The van der Waals surface area contributed by atoms with E-state index in [4.69, 9.17) is 4.52 Å². The first-order valence-corrected chi connectivity index (χ1v) is 8.45. The number of H-pyrrole nitrogens is 1. The molecule has 0 saturated carbocycles. The van der Waals surface area contributed by atoms with Gasteiger partial charge < -0.3 is 14.8 Å². The van der Waals surface area contributed by atoms with E-state index in [-0.39, 0.29) is 5.91 Å². The van der Waals surface area contributed by atoms with Gasteiger partial charge >= 0.3 is 0 Å². The molecule has 7 heteroatoms. The minimum atomic E-state index is -0.242. The van der Waals surface area contributed by atoms with Crippen molar-refractivity contribution in [2.75, 3.05) is 0 Å². The van der Waals surface area contributed by atoms with Crippen molar-refractivity contribution < 1.29 is 9.32 Å². The Morgan fingerprint density at radius 2 is 2.20 bits per heavy atom. The largest absolute Gasteiger partial charge is 0.360 e. The first-order chi connectivity index (χ1) is 12.2. The molecule has 0 saturated heterocycles. The topological polar surface area (TPSA) is 96.7 Å². The van der Waals surface area contributed by atoms with Crippen LogP contribution in [0.5, 0.6) is 0 Å². The Kier molecular flexibility index (Phi) is 4.05. The summed E-state index contributed by atoms with van der Waals surface area (Å²) < 4.78 is 5.22. The van der Waals surface area contributed by atoms with E-state index in [0.717, 1.165) is 24.4 Å². The van der Waals surface area contributed by atoms with E-state index in [1.807, 2.05) is 12.1 Å². The second-order valence-electron chi connectivity index (χ2n) is 6.18. The Hall–Kier alpha value is -2.96. The average Bonchev–Trinajstić information content (AvgIpc) is 3.23. The molecule has 1 aliphatic rings. The normalized spacial score (nSPS) is 13.5. The minimum absolute atomic E-state index is 0.242. The fraction of sp³-hybridized carbons (Fsp3) is 0.333. The highest BCUT2D eigenvalue weighted by atomic mass is 16.5. The number of carbonyl (C=O) groups excluding carboxylic acids is 1. The number of hydrogen-bond donors (Lipinski definition) is 2. The summed E-state index contributed by atoms with van der Waals surface area (Å²) in [7, 11) is 0. The molecule has 0 aliphatic heterocycles. The second-order valence-corrected chi connectivity index (χ2v) is 6.18. The van der Waals surface area contributed by atoms with Gasteiger partial charge in [-0.2, -0.15) is 0 Å². The Balaban J connectivity index is 1.52. The lowest BCUT2D eigenvalue weighted by Crippen LogP contribution is -2.24. The number of hydrogen-bond acceptors (Lipinski definition) is 5. The van der Waals surface area contributed by atoms with Gasteiger partial charge in [-0.1, -0.05) is 11.2 Å². The SMILES string of the molecule is Cc1onc(-c2ccccn2)c1C(=O)NCc1nc2c([nH]1)CCCC2. The van der Waals surface area contributed by atoms with Gasteiger partial charge in [-0.25, -0.2) is 4.98 Å². The molecule has 3 aromatic heterocycles. The summed E-state index contributed by atoms with van der Waals surface area (Å²) in [6, 6.07) is 5.46. The zero-order valence-electron chi connectivity index (χ0n) is 14.0. The van der Waals surface area contributed by atoms with E-state index in [0.29, 0.717) is 29.3 Å². The van der Waals surface area contributed by atoms with Crippen molar-refractivity contribution in [2.24, 2.45) is 0 Å². The molecular weight excluding hydrogens is 318 g/mol. The van der Waals surface area contributed by atoms with Crippen molar-refractivity contribution in [1.29, 1.82) is 0 Å². The molecule has 4 rings (SSSR count). The lowest BCUT2D eigenvalue weighted by Gasteiger charge is -2.07. The van der Waals surface area contributed by atoms with E-state index >= 15 is 0 Å². The maximum atomic E-state index is 12.7. The van der Waals surface area contributed by atoms with E-state index < -0.39 is 0 Å². The highest BCUT2D eigenvalue weighted by Gasteiger charge is 2.22. The van der Waals surface area contributed by atoms with Gasteiger partial charge in [0.25, 0.3) is 5.91 Å². The fourth-order valence-electron chi connectivity index (χ4n) is 3.17. The number of aryl methyl sites for hydroxylation is 3. The molecule has 0 aromatic carbocycles.